The van der Waals surface area contributed by atoms with E-state index in [-0.39, 0.29) is 11.7 Å². The molecular formula is C20H26OSi. The van der Waals surface area contributed by atoms with Crippen LogP contribution in [0.2, 0.25) is 0 Å². The molecule has 22 heavy (non-hydrogen) atoms. The molecule has 0 heterocycles. The maximum atomic E-state index is 6.15. The third kappa shape index (κ3) is 4.69. The van der Waals surface area contributed by atoms with Crippen molar-refractivity contribution in [2.45, 2.75) is 39.4 Å². The predicted octanol–water partition coefficient (Wildman–Crippen LogP) is 3.33. The van der Waals surface area contributed by atoms with Crippen molar-refractivity contribution in [1.82, 2.24) is 0 Å². The fourth-order valence-corrected chi connectivity index (χ4v) is 4.63. The fourth-order valence-electron chi connectivity index (χ4n) is 2.74. The van der Waals surface area contributed by atoms with Crippen LogP contribution in [0.4, 0.5) is 0 Å². The van der Waals surface area contributed by atoms with Gasteiger partial charge in [0.1, 0.15) is 0 Å². The van der Waals surface area contributed by atoms with E-state index in [1.165, 1.54) is 21.5 Å². The molecule has 0 fully saturated rings. The van der Waals surface area contributed by atoms with Crippen LogP contribution >= 0.6 is 0 Å². The summed E-state index contributed by atoms with van der Waals surface area (Å²) in [5.74, 6) is 0. The van der Waals surface area contributed by atoms with Gasteiger partial charge in [0, 0.05) is 0 Å². The minimum absolute atomic E-state index is 0.117. The molecule has 1 atom stereocenters. The minimum Gasteiger partial charge on any atom is -0.368 e. The quantitative estimate of drug-likeness (QED) is 0.770. The van der Waals surface area contributed by atoms with E-state index in [1.807, 2.05) is 6.08 Å². The van der Waals surface area contributed by atoms with Gasteiger partial charge in [-0.05, 0) is 38.8 Å². The summed E-state index contributed by atoms with van der Waals surface area (Å²) in [6, 6.07) is 17.4. The second-order valence-electron chi connectivity index (χ2n) is 6.70. The van der Waals surface area contributed by atoms with Crippen LogP contribution in [0.1, 0.15) is 44.9 Å². The molecule has 0 N–H and O–H groups in total. The average Bonchev–Trinajstić information content (AvgIpc) is 2.46. The van der Waals surface area contributed by atoms with Crippen molar-refractivity contribution in [2.75, 3.05) is 0 Å². The van der Waals surface area contributed by atoms with E-state index in [2.05, 4.69) is 82.8 Å². The minimum atomic E-state index is -0.517. The van der Waals surface area contributed by atoms with Gasteiger partial charge in [-0.3, -0.25) is 0 Å². The normalized spacial score (nSPS) is 13.5. The molecule has 116 valence electrons. The molecule has 0 spiro atoms. The van der Waals surface area contributed by atoms with E-state index in [9.17, 15) is 0 Å². The maximum Gasteiger partial charge on any atom is 0.0880 e. The lowest BCUT2D eigenvalue weighted by atomic mass is 10.1. The number of benzene rings is 2. The Morgan fingerprint density at radius 3 is 2.50 bits per heavy atom. The predicted molar refractivity (Wildman–Crippen MR) is 100 cm³/mol. The molecule has 0 aromatic heterocycles. The van der Waals surface area contributed by atoms with Crippen LogP contribution in [0.25, 0.3) is 6.08 Å². The van der Waals surface area contributed by atoms with E-state index in [1.54, 1.807) is 0 Å². The lowest BCUT2D eigenvalue weighted by Gasteiger charge is -2.26. The van der Waals surface area contributed by atoms with Gasteiger partial charge in [0.2, 0.25) is 0 Å². The second-order valence-corrected chi connectivity index (χ2v) is 8.63. The van der Waals surface area contributed by atoms with Gasteiger partial charge in [-0.1, -0.05) is 71.6 Å². The molecule has 2 aromatic rings. The summed E-state index contributed by atoms with van der Waals surface area (Å²) in [7, 11) is -0.517. The molecule has 0 amide bonds. The van der Waals surface area contributed by atoms with Gasteiger partial charge in [-0.2, -0.15) is 0 Å². The van der Waals surface area contributed by atoms with Gasteiger partial charge in [-0.25, -0.2) is 0 Å². The standard InChI is InChI=1S/C20H26OSi/c1-6-16-10-9-11-17(14-16)22-19-13-8-7-12-18(19)15(2)21-20(3,4)5/h6-15H,1,22H2,2-5H3. The summed E-state index contributed by atoms with van der Waals surface area (Å²) in [4.78, 5) is 0. The number of hydrogen-bond acceptors (Lipinski definition) is 1. The van der Waals surface area contributed by atoms with Crippen LogP contribution in [0.15, 0.2) is 55.1 Å². The van der Waals surface area contributed by atoms with Crippen molar-refractivity contribution in [2.24, 2.45) is 0 Å². The molecule has 2 heteroatoms. The monoisotopic (exact) mass is 310 g/mol. The Hall–Kier alpha value is -1.64. The molecule has 1 unspecified atom stereocenters. The Morgan fingerprint density at radius 1 is 1.09 bits per heavy atom. The van der Waals surface area contributed by atoms with Gasteiger partial charge < -0.3 is 4.74 Å². The van der Waals surface area contributed by atoms with Gasteiger partial charge in [0.05, 0.1) is 21.2 Å². The molecule has 2 aromatic carbocycles. The van der Waals surface area contributed by atoms with E-state index in [4.69, 9.17) is 4.74 Å². The topological polar surface area (TPSA) is 9.23 Å². The third-order valence-corrected chi connectivity index (χ3v) is 5.48. The molecular weight excluding hydrogens is 284 g/mol. The Bertz CT molecular complexity index is 640. The summed E-state index contributed by atoms with van der Waals surface area (Å²) < 4.78 is 6.15. The molecule has 0 radical (unpaired) electrons. The lowest BCUT2D eigenvalue weighted by molar-refractivity contribution is -0.0525. The molecule has 0 aliphatic heterocycles. The molecule has 0 bridgehead atoms. The Kier molecular flexibility index (Phi) is 5.38. The second kappa shape index (κ2) is 7.08. The van der Waals surface area contributed by atoms with Crippen LogP contribution in [0, 0.1) is 0 Å². The first-order valence-corrected chi connectivity index (χ1v) is 9.27. The van der Waals surface area contributed by atoms with Crippen LogP contribution < -0.4 is 10.4 Å². The Labute approximate surface area is 136 Å². The number of hydrogen-bond donors (Lipinski definition) is 0. The van der Waals surface area contributed by atoms with Gasteiger partial charge in [0.25, 0.3) is 0 Å². The molecule has 0 aliphatic carbocycles. The first-order valence-electron chi connectivity index (χ1n) is 7.86. The van der Waals surface area contributed by atoms with E-state index in [0.717, 1.165) is 0 Å². The van der Waals surface area contributed by atoms with Crippen molar-refractivity contribution in [1.29, 1.82) is 0 Å². The van der Waals surface area contributed by atoms with Crippen LogP contribution in [-0.2, 0) is 4.74 Å². The zero-order valence-corrected chi connectivity index (χ0v) is 15.5. The van der Waals surface area contributed by atoms with Crippen molar-refractivity contribution in [3.8, 4) is 0 Å². The first kappa shape index (κ1) is 16.7. The first-order chi connectivity index (χ1) is 10.4. The summed E-state index contributed by atoms with van der Waals surface area (Å²) in [5, 5.41) is 2.90. The Balaban J connectivity index is 2.26. The third-order valence-electron chi connectivity index (χ3n) is 3.60. The van der Waals surface area contributed by atoms with Gasteiger partial charge >= 0.3 is 0 Å². The van der Waals surface area contributed by atoms with Crippen LogP contribution in [-0.4, -0.2) is 15.1 Å². The number of ether oxygens (including phenoxy) is 1. The zero-order valence-electron chi connectivity index (χ0n) is 14.1. The van der Waals surface area contributed by atoms with Gasteiger partial charge in [0.15, 0.2) is 0 Å². The molecule has 1 nitrogen and oxygen atoms in total. The van der Waals surface area contributed by atoms with Crippen molar-refractivity contribution < 1.29 is 4.74 Å². The zero-order chi connectivity index (χ0) is 16.2. The van der Waals surface area contributed by atoms with Crippen molar-refractivity contribution in [3.05, 3.63) is 66.2 Å². The molecule has 0 saturated heterocycles. The maximum absolute atomic E-state index is 6.15. The van der Waals surface area contributed by atoms with Gasteiger partial charge in [-0.15, -0.1) is 0 Å². The largest absolute Gasteiger partial charge is 0.368 e. The van der Waals surface area contributed by atoms with Crippen molar-refractivity contribution >= 4 is 26.0 Å². The van der Waals surface area contributed by atoms with Crippen LogP contribution in [0.3, 0.4) is 0 Å². The van der Waals surface area contributed by atoms with E-state index < -0.39 is 9.52 Å². The van der Waals surface area contributed by atoms with E-state index >= 15 is 0 Å². The summed E-state index contributed by atoms with van der Waals surface area (Å²) >= 11 is 0. The molecule has 0 aliphatic rings. The highest BCUT2D eigenvalue weighted by molar-refractivity contribution is 6.67. The highest BCUT2D eigenvalue weighted by atomic mass is 28.2. The smallest absolute Gasteiger partial charge is 0.0880 e. The highest BCUT2D eigenvalue weighted by Crippen LogP contribution is 2.21. The number of rotatable bonds is 5. The summed E-state index contributed by atoms with van der Waals surface area (Å²) in [5.41, 5.74) is 2.39. The highest BCUT2D eigenvalue weighted by Gasteiger charge is 2.18. The van der Waals surface area contributed by atoms with Crippen LogP contribution in [0.5, 0.6) is 0 Å². The molecule has 0 saturated carbocycles. The molecule has 2 rings (SSSR count). The SMILES string of the molecule is C=Cc1cccc([SiH2]c2ccccc2C(C)OC(C)(C)C)c1. The average molecular weight is 311 g/mol. The summed E-state index contributed by atoms with van der Waals surface area (Å²) in [6.45, 7) is 12.3. The Morgan fingerprint density at radius 2 is 1.82 bits per heavy atom. The van der Waals surface area contributed by atoms with Crippen molar-refractivity contribution in [3.63, 3.8) is 0 Å². The summed E-state index contributed by atoms with van der Waals surface area (Å²) in [6.07, 6.45) is 2.03. The fraction of sp³-hybridized carbons (Fsp3) is 0.300. The lowest BCUT2D eigenvalue weighted by Crippen LogP contribution is -2.32. The van der Waals surface area contributed by atoms with E-state index in [0.29, 0.717) is 0 Å².